The first-order valence-electron chi connectivity index (χ1n) is 6.95. The molecule has 1 aliphatic rings. The normalized spacial score (nSPS) is 23.7. The zero-order valence-electron chi connectivity index (χ0n) is 12.2. The number of nitrogens with one attached hydrogen (secondary N) is 1. The summed E-state index contributed by atoms with van der Waals surface area (Å²) in [6.07, 6.45) is 3.00. The van der Waals surface area contributed by atoms with Gasteiger partial charge >= 0.3 is 0 Å². The fraction of sp³-hybridized carbons (Fsp3) is 0.500. The van der Waals surface area contributed by atoms with E-state index in [-0.39, 0.29) is 22.7 Å². The van der Waals surface area contributed by atoms with Gasteiger partial charge < -0.3 is 5.73 Å². The first kappa shape index (κ1) is 15.8. The lowest BCUT2D eigenvalue weighted by molar-refractivity contribution is 0.0790. The zero-order chi connectivity index (χ0) is 15.6. The number of benzene rings is 1. The van der Waals surface area contributed by atoms with Crippen molar-refractivity contribution in [2.24, 2.45) is 0 Å². The number of nitrogen functional groups attached to an aromatic ring is 1. The van der Waals surface area contributed by atoms with Crippen LogP contribution in [0.2, 0.25) is 0 Å². The monoisotopic (exact) mass is 308 g/mol. The van der Waals surface area contributed by atoms with E-state index in [1.807, 2.05) is 19.9 Å². The van der Waals surface area contributed by atoms with Crippen LogP contribution in [0.25, 0.3) is 0 Å². The van der Waals surface area contributed by atoms with Gasteiger partial charge in [-0.1, -0.05) is 6.42 Å². The van der Waals surface area contributed by atoms with E-state index in [0.717, 1.165) is 19.3 Å². The Kier molecular flexibility index (Phi) is 4.52. The molecule has 114 valence electrons. The van der Waals surface area contributed by atoms with Gasteiger partial charge in [-0.3, -0.25) is 0 Å². The summed E-state index contributed by atoms with van der Waals surface area (Å²) in [5.74, 6) is 0. The van der Waals surface area contributed by atoms with Gasteiger partial charge in [-0.15, -0.1) is 4.83 Å². The lowest BCUT2D eigenvalue weighted by Crippen LogP contribution is -2.54. The van der Waals surface area contributed by atoms with E-state index in [1.165, 1.54) is 18.2 Å². The van der Waals surface area contributed by atoms with Crippen molar-refractivity contribution in [2.45, 2.75) is 50.1 Å². The predicted octanol–water partition coefficient (Wildman–Crippen LogP) is 1.60. The van der Waals surface area contributed by atoms with E-state index < -0.39 is 10.0 Å². The Morgan fingerprint density at radius 2 is 1.95 bits per heavy atom. The van der Waals surface area contributed by atoms with Crippen LogP contribution in [-0.2, 0) is 10.0 Å². The minimum absolute atomic E-state index is 0.00599. The van der Waals surface area contributed by atoms with Crippen LogP contribution >= 0.6 is 0 Å². The maximum Gasteiger partial charge on any atom is 0.255 e. The van der Waals surface area contributed by atoms with E-state index in [1.54, 1.807) is 5.01 Å². The predicted molar refractivity (Wildman–Crippen MR) is 80.5 cm³/mol. The highest BCUT2D eigenvalue weighted by atomic mass is 32.2. The summed E-state index contributed by atoms with van der Waals surface area (Å²) < 4.78 is 25.0. The summed E-state index contributed by atoms with van der Waals surface area (Å²) in [5.41, 5.74) is 6.19. The minimum Gasteiger partial charge on any atom is -0.398 e. The van der Waals surface area contributed by atoms with E-state index in [2.05, 4.69) is 4.83 Å². The molecular formula is C14H20N4O2S. The average Bonchev–Trinajstić information content (AvgIpc) is 2.42. The molecule has 0 spiro atoms. The highest BCUT2D eigenvalue weighted by molar-refractivity contribution is 7.89. The van der Waals surface area contributed by atoms with Crippen molar-refractivity contribution in [3.63, 3.8) is 0 Å². The number of nitrogens with two attached hydrogens (primary N) is 1. The van der Waals surface area contributed by atoms with Gasteiger partial charge in [0.25, 0.3) is 10.0 Å². The number of piperidine rings is 1. The molecule has 1 aromatic carbocycles. The van der Waals surface area contributed by atoms with Crippen molar-refractivity contribution in [2.75, 3.05) is 5.73 Å². The van der Waals surface area contributed by atoms with Gasteiger partial charge in [0.05, 0.1) is 17.3 Å². The van der Waals surface area contributed by atoms with Gasteiger partial charge in [-0.25, -0.2) is 13.4 Å². The van der Waals surface area contributed by atoms with Gasteiger partial charge in [0.15, 0.2) is 0 Å². The number of rotatable bonds is 3. The highest BCUT2D eigenvalue weighted by Gasteiger charge is 2.29. The number of anilines is 1. The largest absolute Gasteiger partial charge is 0.398 e. The molecule has 2 unspecified atom stereocenters. The van der Waals surface area contributed by atoms with Crippen LogP contribution in [0.4, 0.5) is 5.69 Å². The Morgan fingerprint density at radius 1 is 1.33 bits per heavy atom. The third kappa shape index (κ3) is 3.35. The highest BCUT2D eigenvalue weighted by Crippen LogP contribution is 2.24. The van der Waals surface area contributed by atoms with Crippen molar-refractivity contribution >= 4 is 15.7 Å². The van der Waals surface area contributed by atoms with Crippen LogP contribution in [0.1, 0.15) is 38.7 Å². The van der Waals surface area contributed by atoms with E-state index >= 15 is 0 Å². The maximum absolute atomic E-state index is 12.5. The maximum atomic E-state index is 12.5. The molecule has 2 atom stereocenters. The van der Waals surface area contributed by atoms with E-state index in [9.17, 15) is 8.42 Å². The third-order valence-corrected chi connectivity index (χ3v) is 5.25. The first-order valence-corrected chi connectivity index (χ1v) is 8.44. The van der Waals surface area contributed by atoms with E-state index in [0.29, 0.717) is 5.56 Å². The number of nitriles is 1. The minimum atomic E-state index is -3.74. The average molecular weight is 308 g/mol. The number of sulfonamides is 1. The number of nitrogens with zero attached hydrogens (tertiary/aromatic N) is 2. The van der Waals surface area contributed by atoms with E-state index in [4.69, 9.17) is 11.0 Å². The molecule has 0 bridgehead atoms. The van der Waals surface area contributed by atoms with Crippen LogP contribution in [0.5, 0.6) is 0 Å². The second-order valence-electron chi connectivity index (χ2n) is 5.50. The molecule has 6 nitrogen and oxygen atoms in total. The summed E-state index contributed by atoms with van der Waals surface area (Å²) in [4.78, 5) is 2.64. The lowest BCUT2D eigenvalue weighted by Gasteiger charge is -2.38. The van der Waals surface area contributed by atoms with Gasteiger partial charge in [0.2, 0.25) is 0 Å². The standard InChI is InChI=1S/C14H20N4O2S/c1-10-4-3-5-11(2)18(10)17-21(19,20)14-7-6-12(9-15)8-13(14)16/h6-8,10-11,17H,3-5,16H2,1-2H3. The quantitative estimate of drug-likeness (QED) is 0.826. The molecule has 1 saturated heterocycles. The summed E-state index contributed by atoms with van der Waals surface area (Å²) in [5, 5.41) is 10.6. The van der Waals surface area contributed by atoms with Gasteiger partial charge in [0.1, 0.15) is 4.90 Å². The molecule has 0 radical (unpaired) electrons. The topological polar surface area (TPSA) is 99.2 Å². The van der Waals surface area contributed by atoms with Crippen molar-refractivity contribution in [1.82, 2.24) is 9.84 Å². The third-order valence-electron chi connectivity index (χ3n) is 3.85. The van der Waals surface area contributed by atoms with Gasteiger partial charge in [-0.2, -0.15) is 5.26 Å². The number of hydrazine groups is 1. The van der Waals surface area contributed by atoms with Crippen LogP contribution in [0, 0.1) is 11.3 Å². The summed E-state index contributed by atoms with van der Waals surface area (Å²) in [6, 6.07) is 6.42. The zero-order valence-corrected chi connectivity index (χ0v) is 13.0. The molecule has 1 heterocycles. The van der Waals surface area contributed by atoms with Gasteiger partial charge in [-0.05, 0) is 44.9 Å². The first-order chi connectivity index (χ1) is 9.85. The molecule has 1 aromatic rings. The Hall–Kier alpha value is -1.62. The molecule has 0 aromatic heterocycles. The summed E-state index contributed by atoms with van der Waals surface area (Å²) >= 11 is 0. The second-order valence-corrected chi connectivity index (χ2v) is 7.12. The van der Waals surface area contributed by atoms with Gasteiger partial charge in [0, 0.05) is 12.1 Å². The Labute approximate surface area is 125 Å². The number of hydrogen-bond acceptors (Lipinski definition) is 5. The molecule has 0 saturated carbocycles. The van der Waals surface area contributed by atoms with Crippen LogP contribution in [0.15, 0.2) is 23.1 Å². The SMILES string of the molecule is CC1CCCC(C)N1NS(=O)(=O)c1ccc(C#N)cc1N. The van der Waals surface area contributed by atoms with Crippen molar-refractivity contribution in [3.05, 3.63) is 23.8 Å². The molecule has 1 aliphatic heterocycles. The number of hydrogen-bond donors (Lipinski definition) is 2. The van der Waals surface area contributed by atoms with Crippen molar-refractivity contribution < 1.29 is 8.42 Å². The van der Waals surface area contributed by atoms with Crippen molar-refractivity contribution in [1.29, 1.82) is 5.26 Å². The second kappa shape index (κ2) is 6.02. The summed E-state index contributed by atoms with van der Waals surface area (Å²) in [6.45, 7) is 4.00. The van der Waals surface area contributed by atoms with Crippen molar-refractivity contribution in [3.8, 4) is 6.07 Å². The van der Waals surface area contributed by atoms with Crippen LogP contribution in [0.3, 0.4) is 0 Å². The molecule has 7 heteroatoms. The molecule has 21 heavy (non-hydrogen) atoms. The fourth-order valence-electron chi connectivity index (χ4n) is 2.65. The van der Waals surface area contributed by atoms with Crippen LogP contribution in [-0.4, -0.2) is 25.5 Å². The molecule has 0 amide bonds. The fourth-order valence-corrected chi connectivity index (χ4v) is 4.00. The molecule has 0 aliphatic carbocycles. The lowest BCUT2D eigenvalue weighted by atomic mass is 10.0. The molecule has 2 rings (SSSR count). The summed E-state index contributed by atoms with van der Waals surface area (Å²) in [7, 11) is -3.74. The molecule has 3 N–H and O–H groups in total. The Morgan fingerprint density at radius 3 is 2.48 bits per heavy atom. The molecular weight excluding hydrogens is 288 g/mol. The molecule has 1 fully saturated rings. The van der Waals surface area contributed by atoms with Crippen LogP contribution < -0.4 is 10.6 Å². The smallest absolute Gasteiger partial charge is 0.255 e. The Bertz CT molecular complexity index is 656. The Balaban J connectivity index is 2.28.